The summed E-state index contributed by atoms with van der Waals surface area (Å²) in [6.07, 6.45) is 6.12. The molecule has 19 heavy (non-hydrogen) atoms. The molecule has 3 rings (SSSR count). The van der Waals surface area contributed by atoms with Crippen molar-refractivity contribution in [2.24, 2.45) is 0 Å². The number of likely N-dealkylation sites (tertiary alicyclic amines) is 2. The molecule has 0 aromatic rings. The summed E-state index contributed by atoms with van der Waals surface area (Å²) in [7, 11) is 0. The van der Waals surface area contributed by atoms with Crippen molar-refractivity contribution in [3.05, 3.63) is 0 Å². The van der Waals surface area contributed by atoms with Gasteiger partial charge in [-0.2, -0.15) is 0 Å². The predicted molar refractivity (Wildman–Crippen MR) is 71.6 cm³/mol. The van der Waals surface area contributed by atoms with Crippen LogP contribution in [0, 0.1) is 0 Å². The van der Waals surface area contributed by atoms with Gasteiger partial charge in [-0.3, -0.25) is 9.59 Å². The summed E-state index contributed by atoms with van der Waals surface area (Å²) in [6.45, 7) is 2.99. The molecule has 3 aliphatic heterocycles. The maximum Gasteiger partial charge on any atom is 0.242 e. The van der Waals surface area contributed by atoms with E-state index in [0.717, 1.165) is 38.9 Å². The first kappa shape index (κ1) is 12.9. The van der Waals surface area contributed by atoms with Gasteiger partial charge in [0.15, 0.2) is 0 Å². The second kappa shape index (κ2) is 5.49. The molecule has 0 radical (unpaired) electrons. The lowest BCUT2D eigenvalue weighted by Gasteiger charge is -2.31. The fraction of sp³-hybridized carbons (Fsp3) is 0.857. The van der Waals surface area contributed by atoms with Gasteiger partial charge in [-0.1, -0.05) is 0 Å². The van der Waals surface area contributed by atoms with E-state index in [1.165, 1.54) is 12.8 Å². The van der Waals surface area contributed by atoms with E-state index in [9.17, 15) is 9.59 Å². The first-order valence-corrected chi connectivity index (χ1v) is 7.56. The van der Waals surface area contributed by atoms with Crippen LogP contribution in [0.1, 0.15) is 38.5 Å². The van der Waals surface area contributed by atoms with Gasteiger partial charge in [0.05, 0.1) is 6.54 Å². The van der Waals surface area contributed by atoms with Gasteiger partial charge in [0.2, 0.25) is 11.8 Å². The van der Waals surface area contributed by atoms with Crippen LogP contribution in [-0.2, 0) is 9.59 Å². The second-order valence-corrected chi connectivity index (χ2v) is 5.92. The Balaban J connectivity index is 1.60. The SMILES string of the molecule is O=C1CCCN1CC(=O)N1CCCC1C1CCCN1. The van der Waals surface area contributed by atoms with Crippen LogP contribution in [0.5, 0.6) is 0 Å². The minimum absolute atomic E-state index is 0.142. The molecule has 3 saturated heterocycles. The summed E-state index contributed by atoms with van der Waals surface area (Å²) < 4.78 is 0. The molecule has 0 aromatic carbocycles. The number of hydrogen-bond donors (Lipinski definition) is 1. The smallest absolute Gasteiger partial charge is 0.242 e. The molecule has 5 heteroatoms. The quantitative estimate of drug-likeness (QED) is 0.801. The Labute approximate surface area is 114 Å². The molecule has 0 aromatic heterocycles. The minimum atomic E-state index is 0.142. The van der Waals surface area contributed by atoms with Gasteiger partial charge in [-0.05, 0) is 38.6 Å². The Hall–Kier alpha value is -1.10. The van der Waals surface area contributed by atoms with E-state index in [1.807, 2.05) is 4.90 Å². The van der Waals surface area contributed by atoms with Crippen molar-refractivity contribution in [3.63, 3.8) is 0 Å². The highest BCUT2D eigenvalue weighted by atomic mass is 16.2. The van der Waals surface area contributed by atoms with E-state index in [2.05, 4.69) is 5.32 Å². The molecule has 0 bridgehead atoms. The standard InChI is InChI=1S/C14H23N3O2/c18-13-6-3-8-16(13)10-14(19)17-9-2-5-12(17)11-4-1-7-15-11/h11-12,15H,1-10H2. The van der Waals surface area contributed by atoms with Crippen LogP contribution in [0.15, 0.2) is 0 Å². The van der Waals surface area contributed by atoms with E-state index < -0.39 is 0 Å². The molecule has 2 unspecified atom stereocenters. The van der Waals surface area contributed by atoms with Crippen molar-refractivity contribution in [1.29, 1.82) is 0 Å². The fourth-order valence-electron chi connectivity index (χ4n) is 3.69. The van der Waals surface area contributed by atoms with Gasteiger partial charge in [-0.15, -0.1) is 0 Å². The summed E-state index contributed by atoms with van der Waals surface area (Å²) >= 11 is 0. The summed E-state index contributed by atoms with van der Waals surface area (Å²) in [5.74, 6) is 0.287. The normalized spacial score (nSPS) is 31.5. The second-order valence-electron chi connectivity index (χ2n) is 5.92. The number of carbonyl (C=O) groups is 2. The lowest BCUT2D eigenvalue weighted by atomic mass is 10.0. The third kappa shape index (κ3) is 2.61. The molecule has 2 amide bonds. The number of amides is 2. The highest BCUT2D eigenvalue weighted by Gasteiger charge is 2.36. The van der Waals surface area contributed by atoms with E-state index in [1.54, 1.807) is 4.90 Å². The van der Waals surface area contributed by atoms with Gasteiger partial charge in [0, 0.05) is 31.6 Å². The molecule has 0 saturated carbocycles. The maximum absolute atomic E-state index is 12.4. The van der Waals surface area contributed by atoms with E-state index in [0.29, 0.717) is 25.0 Å². The maximum atomic E-state index is 12.4. The molecule has 106 valence electrons. The molecule has 2 atom stereocenters. The summed E-state index contributed by atoms with van der Waals surface area (Å²) in [6, 6.07) is 0.827. The third-order valence-electron chi connectivity index (χ3n) is 4.68. The van der Waals surface area contributed by atoms with Gasteiger partial charge >= 0.3 is 0 Å². The highest BCUT2D eigenvalue weighted by molar-refractivity contribution is 5.86. The van der Waals surface area contributed by atoms with Crippen LogP contribution in [0.3, 0.4) is 0 Å². The van der Waals surface area contributed by atoms with Crippen LogP contribution in [0.2, 0.25) is 0 Å². The number of hydrogen-bond acceptors (Lipinski definition) is 3. The lowest BCUT2D eigenvalue weighted by Crippen LogP contribution is -2.49. The third-order valence-corrected chi connectivity index (χ3v) is 4.68. The van der Waals surface area contributed by atoms with Crippen LogP contribution in [-0.4, -0.2) is 59.9 Å². The van der Waals surface area contributed by atoms with Crippen LogP contribution >= 0.6 is 0 Å². The van der Waals surface area contributed by atoms with E-state index in [-0.39, 0.29) is 11.8 Å². The predicted octanol–water partition coefficient (Wildman–Crippen LogP) is 0.352. The molecule has 1 N–H and O–H groups in total. The highest BCUT2D eigenvalue weighted by Crippen LogP contribution is 2.25. The van der Waals surface area contributed by atoms with Gasteiger partial charge in [-0.25, -0.2) is 0 Å². The molecule has 0 aliphatic carbocycles. The number of nitrogens with one attached hydrogen (secondary N) is 1. The fourth-order valence-corrected chi connectivity index (χ4v) is 3.69. The Morgan fingerprint density at radius 1 is 1.21 bits per heavy atom. The molecule has 0 spiro atoms. The average molecular weight is 265 g/mol. The van der Waals surface area contributed by atoms with Crippen molar-refractivity contribution in [2.75, 3.05) is 26.2 Å². The van der Waals surface area contributed by atoms with Crippen molar-refractivity contribution in [1.82, 2.24) is 15.1 Å². The van der Waals surface area contributed by atoms with Crippen LogP contribution in [0.4, 0.5) is 0 Å². The zero-order valence-corrected chi connectivity index (χ0v) is 11.4. The van der Waals surface area contributed by atoms with Gasteiger partial charge in [0.25, 0.3) is 0 Å². The van der Waals surface area contributed by atoms with Crippen LogP contribution < -0.4 is 5.32 Å². The first-order chi connectivity index (χ1) is 9.25. The topological polar surface area (TPSA) is 52.7 Å². The zero-order valence-electron chi connectivity index (χ0n) is 11.4. The van der Waals surface area contributed by atoms with Crippen molar-refractivity contribution < 1.29 is 9.59 Å². The largest absolute Gasteiger partial charge is 0.337 e. The average Bonchev–Trinajstić information content (AvgIpc) is 3.09. The Bertz CT molecular complexity index is 366. The molecular formula is C14H23N3O2. The van der Waals surface area contributed by atoms with E-state index in [4.69, 9.17) is 0 Å². The number of rotatable bonds is 3. The Kier molecular flexibility index (Phi) is 3.73. The minimum Gasteiger partial charge on any atom is -0.337 e. The summed E-state index contributed by atoms with van der Waals surface area (Å²) in [5.41, 5.74) is 0. The summed E-state index contributed by atoms with van der Waals surface area (Å²) in [4.78, 5) is 27.8. The van der Waals surface area contributed by atoms with E-state index >= 15 is 0 Å². The van der Waals surface area contributed by atoms with Crippen molar-refractivity contribution in [2.45, 2.75) is 50.6 Å². The Morgan fingerprint density at radius 2 is 2.11 bits per heavy atom. The lowest BCUT2D eigenvalue weighted by molar-refractivity contribution is -0.139. The van der Waals surface area contributed by atoms with Crippen molar-refractivity contribution >= 4 is 11.8 Å². The first-order valence-electron chi connectivity index (χ1n) is 7.56. The monoisotopic (exact) mass is 265 g/mol. The number of carbonyl (C=O) groups excluding carboxylic acids is 2. The van der Waals surface area contributed by atoms with Gasteiger partial charge < -0.3 is 15.1 Å². The summed E-state index contributed by atoms with van der Waals surface area (Å²) in [5, 5.41) is 3.51. The molecule has 3 fully saturated rings. The Morgan fingerprint density at radius 3 is 2.79 bits per heavy atom. The van der Waals surface area contributed by atoms with Crippen LogP contribution in [0.25, 0.3) is 0 Å². The number of nitrogens with zero attached hydrogens (tertiary/aromatic N) is 2. The molecular weight excluding hydrogens is 242 g/mol. The van der Waals surface area contributed by atoms with Gasteiger partial charge in [0.1, 0.15) is 0 Å². The van der Waals surface area contributed by atoms with Crippen molar-refractivity contribution in [3.8, 4) is 0 Å². The zero-order chi connectivity index (χ0) is 13.2. The molecule has 3 aliphatic rings. The molecule has 5 nitrogen and oxygen atoms in total. The molecule has 3 heterocycles.